The van der Waals surface area contributed by atoms with Gasteiger partial charge in [-0.3, -0.25) is 14.3 Å². The molecule has 0 N–H and O–H groups in total. The Hall–Kier alpha value is -2.77. The Bertz CT molecular complexity index is 792. The quantitative estimate of drug-likeness (QED) is 0.682. The highest BCUT2D eigenvalue weighted by Gasteiger charge is 2.42. The van der Waals surface area contributed by atoms with Crippen LogP contribution >= 0.6 is 0 Å². The molecule has 7 nitrogen and oxygen atoms in total. The van der Waals surface area contributed by atoms with E-state index in [2.05, 4.69) is 10.1 Å². The highest BCUT2D eigenvalue weighted by molar-refractivity contribution is 5.80. The van der Waals surface area contributed by atoms with E-state index in [-0.39, 0.29) is 23.8 Å². The summed E-state index contributed by atoms with van der Waals surface area (Å²) in [5, 5.41) is 4.03. The molecule has 3 rings (SSSR count). The van der Waals surface area contributed by atoms with Crippen LogP contribution in [-0.2, 0) is 20.9 Å². The Balaban J connectivity index is 1.73. The van der Waals surface area contributed by atoms with E-state index in [1.165, 1.54) is 18.5 Å². The maximum absolute atomic E-state index is 13.4. The lowest BCUT2D eigenvalue weighted by molar-refractivity contribution is -0.153. The van der Waals surface area contributed by atoms with Crippen LogP contribution in [0.15, 0.2) is 36.9 Å². The predicted molar refractivity (Wildman–Crippen MR) is 99.4 cm³/mol. The Morgan fingerprint density at radius 2 is 2.04 bits per heavy atom. The number of aromatic nitrogens is 3. The minimum Gasteiger partial charge on any atom is -0.463 e. The lowest BCUT2D eigenvalue weighted by Gasteiger charge is -2.28. The number of halogens is 1. The van der Waals surface area contributed by atoms with E-state index < -0.39 is 12.0 Å². The molecule has 150 valence electrons. The number of carbonyl (C=O) groups excluding carboxylic acids is 2. The fourth-order valence-corrected chi connectivity index (χ4v) is 3.59. The van der Waals surface area contributed by atoms with E-state index in [1.54, 1.807) is 41.9 Å². The summed E-state index contributed by atoms with van der Waals surface area (Å²) >= 11 is 0. The van der Waals surface area contributed by atoms with Gasteiger partial charge in [0.05, 0.1) is 18.1 Å². The van der Waals surface area contributed by atoms with E-state index >= 15 is 0 Å². The minimum absolute atomic E-state index is 0.0331. The maximum atomic E-state index is 13.4. The number of ether oxygens (including phenoxy) is 1. The van der Waals surface area contributed by atoms with Crippen molar-refractivity contribution in [2.75, 3.05) is 6.54 Å². The summed E-state index contributed by atoms with van der Waals surface area (Å²) in [7, 11) is 0. The van der Waals surface area contributed by atoms with Crippen molar-refractivity contribution in [1.82, 2.24) is 19.7 Å². The van der Waals surface area contributed by atoms with Gasteiger partial charge in [0.2, 0.25) is 5.91 Å². The van der Waals surface area contributed by atoms with Crippen molar-refractivity contribution in [2.45, 2.75) is 51.8 Å². The molecule has 0 saturated carbocycles. The average Bonchev–Trinajstić information content (AvgIpc) is 3.31. The van der Waals surface area contributed by atoms with Crippen molar-refractivity contribution in [2.24, 2.45) is 5.92 Å². The molecule has 0 aliphatic carbocycles. The third-order valence-electron chi connectivity index (χ3n) is 4.83. The molecule has 0 radical (unpaired) electrons. The summed E-state index contributed by atoms with van der Waals surface area (Å²) in [6, 6.07) is 5.54. The molecular formula is C20H25FN4O3. The van der Waals surface area contributed by atoms with Gasteiger partial charge in [-0.1, -0.05) is 12.1 Å². The molecule has 0 spiro atoms. The van der Waals surface area contributed by atoms with Gasteiger partial charge in [-0.2, -0.15) is 5.10 Å². The second kappa shape index (κ2) is 8.95. The number of amides is 1. The predicted octanol–water partition coefficient (Wildman–Crippen LogP) is 2.74. The van der Waals surface area contributed by atoms with Crippen molar-refractivity contribution < 1.29 is 18.7 Å². The third kappa shape index (κ3) is 4.74. The number of aryl methyl sites for hydroxylation is 1. The summed E-state index contributed by atoms with van der Waals surface area (Å²) in [5.74, 6) is -1.16. The van der Waals surface area contributed by atoms with Gasteiger partial charge in [-0.15, -0.1) is 0 Å². The molecule has 2 heterocycles. The van der Waals surface area contributed by atoms with Gasteiger partial charge < -0.3 is 9.64 Å². The molecule has 1 aromatic heterocycles. The molecule has 0 unspecified atom stereocenters. The van der Waals surface area contributed by atoms with Crippen LogP contribution in [0.3, 0.4) is 0 Å². The number of nitrogens with zero attached hydrogens (tertiary/aromatic N) is 4. The van der Waals surface area contributed by atoms with E-state index in [1.807, 2.05) is 0 Å². The molecule has 1 amide bonds. The molecule has 1 aliphatic heterocycles. The first-order chi connectivity index (χ1) is 13.5. The molecule has 2 aromatic rings. The number of carbonyl (C=O) groups is 2. The Kier molecular flexibility index (Phi) is 6.38. The number of hydrogen-bond acceptors (Lipinski definition) is 5. The second-order valence-corrected chi connectivity index (χ2v) is 7.23. The van der Waals surface area contributed by atoms with E-state index in [0.29, 0.717) is 32.4 Å². The van der Waals surface area contributed by atoms with Crippen LogP contribution in [0.25, 0.3) is 0 Å². The Morgan fingerprint density at radius 3 is 2.68 bits per heavy atom. The Morgan fingerprint density at radius 1 is 1.29 bits per heavy atom. The summed E-state index contributed by atoms with van der Waals surface area (Å²) in [4.78, 5) is 31.1. The van der Waals surface area contributed by atoms with Crippen LogP contribution in [0.2, 0.25) is 0 Å². The standard InChI is InChI=1S/C20H25FN4O3/c1-14(2)28-20(27)17-9-11-25(19(17)15-5-7-16(21)8-6-15)18(26)4-3-10-24-13-22-12-23-24/h5-8,12-14,17,19H,3-4,9-11H2,1-2H3/t17-,19-/m1/s1. The fourth-order valence-electron chi connectivity index (χ4n) is 3.59. The summed E-state index contributed by atoms with van der Waals surface area (Å²) in [5.41, 5.74) is 0.745. The van der Waals surface area contributed by atoms with Gasteiger partial charge in [0.15, 0.2) is 0 Å². The molecule has 2 atom stereocenters. The molecule has 28 heavy (non-hydrogen) atoms. The van der Waals surface area contributed by atoms with Crippen molar-refractivity contribution in [3.63, 3.8) is 0 Å². The van der Waals surface area contributed by atoms with Gasteiger partial charge in [0.25, 0.3) is 0 Å². The van der Waals surface area contributed by atoms with Crippen LogP contribution in [0.4, 0.5) is 4.39 Å². The SMILES string of the molecule is CC(C)OC(=O)[C@@H]1CCN(C(=O)CCCn2cncn2)[C@@H]1c1ccc(F)cc1. The number of esters is 1. The topological polar surface area (TPSA) is 77.3 Å². The van der Waals surface area contributed by atoms with Crippen LogP contribution in [0.5, 0.6) is 0 Å². The van der Waals surface area contributed by atoms with Gasteiger partial charge in [0.1, 0.15) is 18.5 Å². The number of likely N-dealkylation sites (tertiary alicyclic amines) is 1. The number of hydrogen-bond donors (Lipinski definition) is 0. The van der Waals surface area contributed by atoms with Gasteiger partial charge in [0, 0.05) is 19.5 Å². The highest BCUT2D eigenvalue weighted by Crippen LogP contribution is 2.39. The monoisotopic (exact) mass is 388 g/mol. The second-order valence-electron chi connectivity index (χ2n) is 7.23. The molecule has 1 aromatic carbocycles. The lowest BCUT2D eigenvalue weighted by Crippen LogP contribution is -2.34. The summed E-state index contributed by atoms with van der Waals surface area (Å²) in [6.45, 7) is 4.67. The average molecular weight is 388 g/mol. The Labute approximate surface area is 163 Å². The smallest absolute Gasteiger partial charge is 0.311 e. The van der Waals surface area contributed by atoms with Crippen LogP contribution < -0.4 is 0 Å². The normalized spacial score (nSPS) is 19.2. The summed E-state index contributed by atoms with van der Waals surface area (Å²) in [6.07, 6.45) is 4.33. The van der Waals surface area contributed by atoms with Crippen molar-refractivity contribution >= 4 is 11.9 Å². The molecule has 8 heteroatoms. The first kappa shape index (κ1) is 20.0. The third-order valence-corrected chi connectivity index (χ3v) is 4.83. The fraction of sp³-hybridized carbons (Fsp3) is 0.500. The van der Waals surface area contributed by atoms with E-state index in [0.717, 1.165) is 5.56 Å². The van der Waals surface area contributed by atoms with Crippen molar-refractivity contribution in [3.05, 3.63) is 48.3 Å². The number of rotatable bonds is 7. The molecule has 1 aliphatic rings. The van der Waals surface area contributed by atoms with E-state index in [9.17, 15) is 14.0 Å². The van der Waals surface area contributed by atoms with Crippen LogP contribution in [-0.4, -0.2) is 44.2 Å². The van der Waals surface area contributed by atoms with Crippen molar-refractivity contribution in [1.29, 1.82) is 0 Å². The lowest BCUT2D eigenvalue weighted by atomic mass is 9.93. The zero-order valence-electron chi connectivity index (χ0n) is 16.1. The first-order valence-electron chi connectivity index (χ1n) is 9.53. The zero-order chi connectivity index (χ0) is 20.1. The van der Waals surface area contributed by atoms with Crippen molar-refractivity contribution in [3.8, 4) is 0 Å². The molecular weight excluding hydrogens is 363 g/mol. The van der Waals surface area contributed by atoms with Crippen LogP contribution in [0, 0.1) is 11.7 Å². The van der Waals surface area contributed by atoms with E-state index in [4.69, 9.17) is 4.74 Å². The summed E-state index contributed by atoms with van der Waals surface area (Å²) < 4.78 is 20.4. The molecule has 1 saturated heterocycles. The van der Waals surface area contributed by atoms with Crippen LogP contribution in [0.1, 0.15) is 44.7 Å². The molecule has 1 fully saturated rings. The minimum atomic E-state index is -0.452. The van der Waals surface area contributed by atoms with Gasteiger partial charge in [-0.25, -0.2) is 9.37 Å². The van der Waals surface area contributed by atoms with Gasteiger partial charge >= 0.3 is 5.97 Å². The highest BCUT2D eigenvalue weighted by atomic mass is 19.1. The first-order valence-corrected chi connectivity index (χ1v) is 9.53. The molecule has 0 bridgehead atoms. The zero-order valence-corrected chi connectivity index (χ0v) is 16.1. The maximum Gasteiger partial charge on any atom is 0.311 e. The van der Waals surface area contributed by atoms with Gasteiger partial charge in [-0.05, 0) is 44.4 Å². The number of benzene rings is 1. The largest absolute Gasteiger partial charge is 0.463 e.